The fraction of sp³-hybridized carbons (Fsp3) is 0.350. The molecule has 5 heteroatoms. The lowest BCUT2D eigenvalue weighted by Crippen LogP contribution is -2.45. The first-order valence-electron chi connectivity index (χ1n) is 8.51. The highest BCUT2D eigenvalue weighted by atomic mass is 16.5. The first-order chi connectivity index (χ1) is 12.1. The van der Waals surface area contributed by atoms with Crippen LogP contribution in [-0.2, 0) is 11.4 Å². The number of amides is 1. The molecular weight excluding hydrogens is 316 g/mol. The Morgan fingerprint density at radius 3 is 2.24 bits per heavy atom. The van der Waals surface area contributed by atoms with Crippen molar-refractivity contribution in [2.45, 2.75) is 25.0 Å². The van der Waals surface area contributed by atoms with Gasteiger partial charge in [-0.2, -0.15) is 0 Å². The van der Waals surface area contributed by atoms with Crippen molar-refractivity contribution in [1.29, 1.82) is 0 Å². The van der Waals surface area contributed by atoms with E-state index in [1.807, 2.05) is 54.6 Å². The zero-order valence-electron chi connectivity index (χ0n) is 14.5. The Hall–Kier alpha value is -2.53. The lowest BCUT2D eigenvalue weighted by molar-refractivity contribution is -0.132. The van der Waals surface area contributed by atoms with Crippen molar-refractivity contribution in [3.8, 4) is 11.5 Å². The summed E-state index contributed by atoms with van der Waals surface area (Å²) in [5.74, 6) is 1.55. The van der Waals surface area contributed by atoms with Crippen molar-refractivity contribution in [2.75, 3.05) is 20.2 Å². The van der Waals surface area contributed by atoms with Crippen molar-refractivity contribution < 1.29 is 14.3 Å². The quantitative estimate of drug-likeness (QED) is 0.802. The predicted molar refractivity (Wildman–Crippen MR) is 96.5 cm³/mol. The lowest BCUT2D eigenvalue weighted by Gasteiger charge is -2.21. The van der Waals surface area contributed by atoms with Gasteiger partial charge in [-0.3, -0.25) is 4.79 Å². The molecule has 0 atom stereocenters. The number of hydrogen-bond donors (Lipinski definition) is 1. The summed E-state index contributed by atoms with van der Waals surface area (Å²) in [7, 11) is 1.76. The minimum Gasteiger partial charge on any atom is -0.492 e. The van der Waals surface area contributed by atoms with Crippen molar-refractivity contribution >= 4 is 5.91 Å². The number of carbonyl (C=O) groups is 1. The van der Waals surface area contributed by atoms with Gasteiger partial charge in [-0.15, -0.1) is 0 Å². The van der Waals surface area contributed by atoms with Gasteiger partial charge in [-0.1, -0.05) is 30.3 Å². The Kier molecular flexibility index (Phi) is 5.24. The summed E-state index contributed by atoms with van der Waals surface area (Å²) in [6.45, 7) is 1.49. The van der Waals surface area contributed by atoms with Gasteiger partial charge in [0, 0.05) is 7.05 Å². The number of nitrogens with zero attached hydrogens (tertiary/aromatic N) is 1. The second-order valence-corrected chi connectivity index (χ2v) is 6.48. The number of rotatable bonds is 8. The molecule has 0 bridgehead atoms. The van der Waals surface area contributed by atoms with Gasteiger partial charge in [0.2, 0.25) is 5.91 Å². The fourth-order valence-electron chi connectivity index (χ4n) is 2.50. The van der Waals surface area contributed by atoms with E-state index in [4.69, 9.17) is 15.2 Å². The number of carbonyl (C=O) groups excluding carboxylic acids is 1. The molecule has 1 aliphatic carbocycles. The topological polar surface area (TPSA) is 64.8 Å². The number of likely N-dealkylation sites (N-methyl/N-ethyl adjacent to an activating group) is 1. The average Bonchev–Trinajstić information content (AvgIpc) is 3.40. The van der Waals surface area contributed by atoms with E-state index in [0.29, 0.717) is 19.8 Å². The minimum atomic E-state index is -0.619. The highest BCUT2D eigenvalue weighted by molar-refractivity contribution is 5.88. The predicted octanol–water partition coefficient (Wildman–Crippen LogP) is 2.59. The molecule has 1 saturated carbocycles. The Morgan fingerprint density at radius 1 is 1.04 bits per heavy atom. The number of ether oxygens (including phenoxy) is 2. The third kappa shape index (κ3) is 4.73. The molecule has 0 aliphatic heterocycles. The first kappa shape index (κ1) is 17.3. The molecule has 2 aromatic rings. The molecule has 1 aliphatic rings. The lowest BCUT2D eigenvalue weighted by atomic mass is 10.2. The van der Waals surface area contributed by atoms with Gasteiger partial charge in [-0.25, -0.2) is 0 Å². The van der Waals surface area contributed by atoms with Gasteiger partial charge in [0.1, 0.15) is 24.7 Å². The van der Waals surface area contributed by atoms with Crippen LogP contribution in [0.25, 0.3) is 0 Å². The van der Waals surface area contributed by atoms with Crippen LogP contribution in [0.15, 0.2) is 54.6 Å². The Balaban J connectivity index is 1.41. The van der Waals surface area contributed by atoms with Gasteiger partial charge < -0.3 is 20.1 Å². The van der Waals surface area contributed by atoms with Gasteiger partial charge in [-0.05, 0) is 42.7 Å². The minimum absolute atomic E-state index is 0.000704. The maximum Gasteiger partial charge on any atom is 0.242 e. The molecule has 2 N–H and O–H groups in total. The molecule has 0 spiro atoms. The van der Waals surface area contributed by atoms with E-state index in [2.05, 4.69) is 0 Å². The van der Waals surface area contributed by atoms with Crippen LogP contribution in [0, 0.1) is 0 Å². The van der Waals surface area contributed by atoms with Crippen LogP contribution in [0.1, 0.15) is 18.4 Å². The SMILES string of the molecule is CN(CCOc1ccc(OCc2ccccc2)cc1)C(=O)C1(N)CC1. The molecule has 2 aromatic carbocycles. The van der Waals surface area contributed by atoms with E-state index >= 15 is 0 Å². The molecule has 25 heavy (non-hydrogen) atoms. The molecule has 0 radical (unpaired) electrons. The molecule has 1 fully saturated rings. The summed E-state index contributed by atoms with van der Waals surface area (Å²) in [6.07, 6.45) is 1.56. The largest absolute Gasteiger partial charge is 0.492 e. The Morgan fingerprint density at radius 2 is 1.64 bits per heavy atom. The monoisotopic (exact) mass is 340 g/mol. The molecule has 0 saturated heterocycles. The van der Waals surface area contributed by atoms with Gasteiger partial charge in [0.05, 0.1) is 12.1 Å². The second-order valence-electron chi connectivity index (χ2n) is 6.48. The number of hydrogen-bond acceptors (Lipinski definition) is 4. The van der Waals surface area contributed by atoms with Gasteiger partial charge in [0.25, 0.3) is 0 Å². The highest BCUT2D eigenvalue weighted by Gasteiger charge is 2.47. The van der Waals surface area contributed by atoms with Crippen LogP contribution in [0.2, 0.25) is 0 Å². The summed E-state index contributed by atoms with van der Waals surface area (Å²) in [5.41, 5.74) is 6.43. The van der Waals surface area contributed by atoms with Crippen LogP contribution in [0.4, 0.5) is 0 Å². The van der Waals surface area contributed by atoms with Crippen LogP contribution >= 0.6 is 0 Å². The summed E-state index contributed by atoms with van der Waals surface area (Å²) in [6, 6.07) is 17.5. The van der Waals surface area contributed by atoms with Crippen LogP contribution < -0.4 is 15.2 Å². The normalized spacial score (nSPS) is 14.6. The molecular formula is C20H24N2O3. The Bertz CT molecular complexity index is 697. The summed E-state index contributed by atoms with van der Waals surface area (Å²) in [4.78, 5) is 13.7. The van der Waals surface area contributed by atoms with E-state index in [9.17, 15) is 4.79 Å². The average molecular weight is 340 g/mol. The molecule has 5 nitrogen and oxygen atoms in total. The number of nitrogens with two attached hydrogens (primary N) is 1. The third-order valence-electron chi connectivity index (χ3n) is 4.33. The first-order valence-corrected chi connectivity index (χ1v) is 8.51. The van der Waals surface area contributed by atoms with Crippen LogP contribution in [0.3, 0.4) is 0 Å². The van der Waals surface area contributed by atoms with E-state index < -0.39 is 5.54 Å². The summed E-state index contributed by atoms with van der Waals surface area (Å²) in [5, 5.41) is 0. The molecule has 0 aromatic heterocycles. The van der Waals surface area contributed by atoms with Crippen molar-refractivity contribution in [3.63, 3.8) is 0 Å². The zero-order valence-corrected chi connectivity index (χ0v) is 14.5. The van der Waals surface area contributed by atoms with Crippen molar-refractivity contribution in [1.82, 2.24) is 4.90 Å². The van der Waals surface area contributed by atoms with Crippen molar-refractivity contribution in [3.05, 3.63) is 60.2 Å². The van der Waals surface area contributed by atoms with E-state index in [1.165, 1.54) is 0 Å². The number of benzene rings is 2. The van der Waals surface area contributed by atoms with E-state index in [0.717, 1.165) is 29.9 Å². The van der Waals surface area contributed by atoms with Gasteiger partial charge >= 0.3 is 0 Å². The molecule has 132 valence electrons. The third-order valence-corrected chi connectivity index (χ3v) is 4.33. The standard InChI is InChI=1S/C20H24N2O3/c1-22(19(23)20(21)11-12-20)13-14-24-17-7-9-18(10-8-17)25-15-16-5-3-2-4-6-16/h2-10H,11-15,21H2,1H3. The Labute approximate surface area is 148 Å². The molecule has 1 amide bonds. The maximum atomic E-state index is 12.0. The zero-order chi connectivity index (χ0) is 17.7. The molecule has 0 heterocycles. The van der Waals surface area contributed by atoms with Gasteiger partial charge in [0.15, 0.2) is 0 Å². The van der Waals surface area contributed by atoms with Crippen LogP contribution in [-0.4, -0.2) is 36.5 Å². The summed E-state index contributed by atoms with van der Waals surface area (Å²) < 4.78 is 11.4. The smallest absolute Gasteiger partial charge is 0.242 e. The van der Waals surface area contributed by atoms with E-state index in [1.54, 1.807) is 11.9 Å². The fourth-order valence-corrected chi connectivity index (χ4v) is 2.50. The van der Waals surface area contributed by atoms with E-state index in [-0.39, 0.29) is 5.91 Å². The molecule has 0 unspecified atom stereocenters. The second kappa shape index (κ2) is 7.57. The van der Waals surface area contributed by atoms with Crippen LogP contribution in [0.5, 0.6) is 11.5 Å². The highest BCUT2D eigenvalue weighted by Crippen LogP contribution is 2.33. The summed E-state index contributed by atoms with van der Waals surface area (Å²) >= 11 is 0. The molecule has 3 rings (SSSR count). The van der Waals surface area contributed by atoms with Crippen molar-refractivity contribution in [2.24, 2.45) is 5.73 Å². The maximum absolute atomic E-state index is 12.0.